The van der Waals surface area contributed by atoms with Gasteiger partial charge in [0.25, 0.3) is 5.91 Å². The first-order chi connectivity index (χ1) is 11.3. The Kier molecular flexibility index (Phi) is 6.18. The van der Waals surface area contributed by atoms with Crippen molar-refractivity contribution in [2.24, 2.45) is 11.7 Å². The van der Waals surface area contributed by atoms with Crippen molar-refractivity contribution in [2.45, 2.75) is 26.3 Å². The molecule has 5 nitrogen and oxygen atoms in total. The van der Waals surface area contributed by atoms with Crippen molar-refractivity contribution in [1.29, 1.82) is 0 Å². The predicted molar refractivity (Wildman–Crippen MR) is 91.3 cm³/mol. The van der Waals surface area contributed by atoms with E-state index in [1.165, 1.54) is 12.1 Å². The van der Waals surface area contributed by atoms with Gasteiger partial charge in [-0.15, -0.1) is 0 Å². The number of nitrogens with zero attached hydrogens (tertiary/aromatic N) is 2. The fraction of sp³-hybridized carbons (Fsp3) is 0.529. The van der Waals surface area contributed by atoms with E-state index < -0.39 is 11.9 Å². The quantitative estimate of drug-likeness (QED) is 0.899. The largest absolute Gasteiger partial charge is 0.338 e. The normalized spacial score (nSPS) is 17.5. The van der Waals surface area contributed by atoms with Gasteiger partial charge in [0.05, 0.1) is 16.6 Å². The van der Waals surface area contributed by atoms with E-state index in [4.69, 9.17) is 17.3 Å². The van der Waals surface area contributed by atoms with E-state index in [0.717, 1.165) is 12.5 Å². The summed E-state index contributed by atoms with van der Waals surface area (Å²) in [4.78, 5) is 28.2. The molecule has 1 saturated heterocycles. The van der Waals surface area contributed by atoms with Crippen LogP contribution in [0.25, 0.3) is 0 Å². The average molecular weight is 356 g/mol. The van der Waals surface area contributed by atoms with Gasteiger partial charge in [-0.05, 0) is 24.1 Å². The van der Waals surface area contributed by atoms with Crippen LogP contribution >= 0.6 is 11.6 Å². The van der Waals surface area contributed by atoms with Crippen LogP contribution in [0, 0.1) is 11.7 Å². The van der Waals surface area contributed by atoms with Crippen LogP contribution < -0.4 is 5.73 Å². The molecule has 24 heavy (non-hydrogen) atoms. The molecule has 0 spiro atoms. The number of carbonyl (C=O) groups is 2. The summed E-state index contributed by atoms with van der Waals surface area (Å²) >= 11 is 5.95. The van der Waals surface area contributed by atoms with Gasteiger partial charge in [0, 0.05) is 26.2 Å². The maximum absolute atomic E-state index is 13.1. The molecule has 0 aliphatic carbocycles. The molecule has 2 N–H and O–H groups in total. The minimum absolute atomic E-state index is 0.0729. The number of nitrogens with two attached hydrogens (primary N) is 1. The maximum atomic E-state index is 13.1. The molecule has 1 aliphatic rings. The van der Waals surface area contributed by atoms with Crippen LogP contribution in [0.5, 0.6) is 0 Å². The second-order valence-electron chi connectivity index (χ2n) is 6.15. The van der Waals surface area contributed by atoms with Crippen molar-refractivity contribution < 1.29 is 14.0 Å². The number of amides is 2. The number of benzene rings is 1. The van der Waals surface area contributed by atoms with E-state index in [1.54, 1.807) is 9.80 Å². The van der Waals surface area contributed by atoms with E-state index in [-0.39, 0.29) is 28.3 Å². The number of rotatable bonds is 4. The molecule has 2 atom stereocenters. The molecular formula is C17H23ClFN3O2. The maximum Gasteiger partial charge on any atom is 0.255 e. The first kappa shape index (κ1) is 18.7. The predicted octanol–water partition coefficient (Wildman–Crippen LogP) is 2.14. The monoisotopic (exact) mass is 355 g/mol. The highest BCUT2D eigenvalue weighted by molar-refractivity contribution is 6.33. The Balaban J connectivity index is 1.97. The molecule has 1 aliphatic heterocycles. The zero-order chi connectivity index (χ0) is 17.9. The number of hydrogen-bond acceptors (Lipinski definition) is 3. The number of carbonyl (C=O) groups excluding carboxylic acids is 2. The summed E-state index contributed by atoms with van der Waals surface area (Å²) in [7, 11) is 0. The van der Waals surface area contributed by atoms with Crippen molar-refractivity contribution >= 4 is 23.4 Å². The van der Waals surface area contributed by atoms with E-state index in [0.29, 0.717) is 26.2 Å². The molecule has 2 unspecified atom stereocenters. The Morgan fingerprint density at radius 2 is 1.83 bits per heavy atom. The molecule has 1 fully saturated rings. The summed E-state index contributed by atoms with van der Waals surface area (Å²) in [5, 5.41) is 0.0947. The lowest BCUT2D eigenvalue weighted by Crippen LogP contribution is -2.55. The van der Waals surface area contributed by atoms with Gasteiger partial charge in [0.1, 0.15) is 5.82 Å². The third kappa shape index (κ3) is 4.05. The highest BCUT2D eigenvalue weighted by Gasteiger charge is 2.30. The lowest BCUT2D eigenvalue weighted by Gasteiger charge is -2.36. The molecule has 0 saturated carbocycles. The van der Waals surface area contributed by atoms with Crippen molar-refractivity contribution in [3.8, 4) is 0 Å². The van der Waals surface area contributed by atoms with Crippen molar-refractivity contribution in [3.63, 3.8) is 0 Å². The molecule has 1 aromatic rings. The van der Waals surface area contributed by atoms with Crippen molar-refractivity contribution in [2.75, 3.05) is 26.2 Å². The second-order valence-corrected chi connectivity index (χ2v) is 6.56. The van der Waals surface area contributed by atoms with E-state index in [2.05, 4.69) is 0 Å². The molecule has 2 amide bonds. The third-order valence-electron chi connectivity index (χ3n) is 4.58. The minimum atomic E-state index is -0.510. The van der Waals surface area contributed by atoms with Crippen molar-refractivity contribution in [1.82, 2.24) is 9.80 Å². The van der Waals surface area contributed by atoms with E-state index in [9.17, 15) is 14.0 Å². The summed E-state index contributed by atoms with van der Waals surface area (Å²) in [6, 6.07) is 3.21. The Hall–Kier alpha value is -1.66. The molecule has 7 heteroatoms. The van der Waals surface area contributed by atoms with Crippen molar-refractivity contribution in [3.05, 3.63) is 34.6 Å². The van der Waals surface area contributed by atoms with Crippen LogP contribution in [-0.2, 0) is 4.79 Å². The number of piperazine rings is 1. The smallest absolute Gasteiger partial charge is 0.255 e. The zero-order valence-corrected chi connectivity index (χ0v) is 14.7. The van der Waals surface area contributed by atoms with Gasteiger partial charge >= 0.3 is 0 Å². The third-order valence-corrected chi connectivity index (χ3v) is 4.89. The first-order valence-electron chi connectivity index (χ1n) is 8.13. The first-order valence-corrected chi connectivity index (χ1v) is 8.51. The highest BCUT2D eigenvalue weighted by Crippen LogP contribution is 2.20. The number of hydrogen-bond donors (Lipinski definition) is 1. The Morgan fingerprint density at radius 1 is 1.25 bits per heavy atom. The topological polar surface area (TPSA) is 66.6 Å². The van der Waals surface area contributed by atoms with Gasteiger partial charge in [-0.1, -0.05) is 31.9 Å². The molecule has 0 bridgehead atoms. The van der Waals surface area contributed by atoms with Gasteiger partial charge in [0.2, 0.25) is 5.91 Å². The molecule has 1 aromatic carbocycles. The molecule has 0 aromatic heterocycles. The van der Waals surface area contributed by atoms with Gasteiger partial charge in [-0.3, -0.25) is 9.59 Å². The Labute approximate surface area is 146 Å². The molecule has 1 heterocycles. The Bertz CT molecular complexity index is 618. The second kappa shape index (κ2) is 7.94. The molecule has 2 rings (SSSR count). The van der Waals surface area contributed by atoms with Gasteiger partial charge in [-0.25, -0.2) is 4.39 Å². The highest BCUT2D eigenvalue weighted by atomic mass is 35.5. The Morgan fingerprint density at radius 3 is 2.38 bits per heavy atom. The zero-order valence-electron chi connectivity index (χ0n) is 14.0. The average Bonchev–Trinajstić information content (AvgIpc) is 2.59. The molecule has 132 valence electrons. The number of halogens is 2. The summed E-state index contributed by atoms with van der Waals surface area (Å²) in [6.45, 7) is 5.65. The summed E-state index contributed by atoms with van der Waals surface area (Å²) in [5.41, 5.74) is 6.27. The summed E-state index contributed by atoms with van der Waals surface area (Å²) < 4.78 is 13.1. The summed E-state index contributed by atoms with van der Waals surface area (Å²) in [5.74, 6) is -0.684. The van der Waals surface area contributed by atoms with Crippen LogP contribution in [0.3, 0.4) is 0 Å². The fourth-order valence-corrected chi connectivity index (χ4v) is 2.92. The van der Waals surface area contributed by atoms with Gasteiger partial charge in [0.15, 0.2) is 0 Å². The van der Waals surface area contributed by atoms with Crippen LogP contribution in [0.15, 0.2) is 18.2 Å². The minimum Gasteiger partial charge on any atom is -0.338 e. The SMILES string of the molecule is CCC(C)C(N)C(=O)N1CCN(C(=O)c2ccc(F)cc2Cl)CC1. The fourth-order valence-electron chi connectivity index (χ4n) is 2.67. The standard InChI is InChI=1S/C17H23ClFN3O2/c1-3-11(2)15(20)17(24)22-8-6-21(7-9-22)16(23)13-5-4-12(19)10-14(13)18/h4-5,10-11,15H,3,6-9,20H2,1-2H3. The lowest BCUT2D eigenvalue weighted by molar-refractivity contribution is -0.135. The molecular weight excluding hydrogens is 333 g/mol. The molecule has 0 radical (unpaired) electrons. The van der Waals surface area contributed by atoms with E-state index >= 15 is 0 Å². The lowest BCUT2D eigenvalue weighted by atomic mass is 9.98. The van der Waals surface area contributed by atoms with Crippen LogP contribution in [-0.4, -0.2) is 53.8 Å². The van der Waals surface area contributed by atoms with Crippen LogP contribution in [0.2, 0.25) is 5.02 Å². The van der Waals surface area contributed by atoms with Gasteiger partial charge in [-0.2, -0.15) is 0 Å². The van der Waals surface area contributed by atoms with Crippen LogP contribution in [0.1, 0.15) is 30.6 Å². The summed E-state index contributed by atoms with van der Waals surface area (Å²) in [6.07, 6.45) is 0.842. The van der Waals surface area contributed by atoms with Crippen LogP contribution in [0.4, 0.5) is 4.39 Å². The van der Waals surface area contributed by atoms with Gasteiger partial charge < -0.3 is 15.5 Å². The van der Waals surface area contributed by atoms with E-state index in [1.807, 2.05) is 13.8 Å².